The van der Waals surface area contributed by atoms with Gasteiger partial charge in [-0.05, 0) is 23.8 Å². The van der Waals surface area contributed by atoms with E-state index in [9.17, 15) is 4.79 Å². The zero-order valence-corrected chi connectivity index (χ0v) is 7.95. The van der Waals surface area contributed by atoms with Crippen molar-refractivity contribution in [2.45, 2.75) is 6.42 Å². The summed E-state index contributed by atoms with van der Waals surface area (Å²) in [6.45, 7) is 0. The fraction of sp³-hybridized carbons (Fsp3) is 0.0909. The Morgan fingerprint density at radius 3 is 3.13 bits per heavy atom. The third-order valence-electron chi connectivity index (χ3n) is 2.26. The van der Waals surface area contributed by atoms with E-state index in [0.29, 0.717) is 12.8 Å². The van der Waals surface area contributed by atoms with Crippen LogP contribution in [0.3, 0.4) is 0 Å². The highest BCUT2D eigenvalue weighted by Gasteiger charge is 2.03. The third kappa shape index (κ3) is 1.67. The minimum Gasteiger partial charge on any atom is -0.361 e. The summed E-state index contributed by atoms with van der Waals surface area (Å²) in [5.74, 6) is 0. The van der Waals surface area contributed by atoms with E-state index in [2.05, 4.69) is 16.4 Å². The van der Waals surface area contributed by atoms with E-state index in [-0.39, 0.29) is 0 Å². The summed E-state index contributed by atoms with van der Waals surface area (Å²) >= 11 is 0. The first-order valence-corrected chi connectivity index (χ1v) is 4.52. The molecule has 1 amide bonds. The van der Waals surface area contributed by atoms with E-state index >= 15 is 0 Å². The highest BCUT2D eigenvalue weighted by atomic mass is 16.1. The molecule has 0 radical (unpaired) electrons. The average molecular weight is 199 g/mol. The Morgan fingerprint density at radius 1 is 1.53 bits per heavy atom. The topological polar surface area (TPSA) is 68.7 Å². The fourth-order valence-electron chi connectivity index (χ4n) is 1.57. The van der Waals surface area contributed by atoms with Crippen LogP contribution in [0.25, 0.3) is 10.9 Å². The Bertz CT molecular complexity index is 536. The molecule has 0 aliphatic heterocycles. The Balaban J connectivity index is 2.52. The number of anilines is 1. The molecule has 74 valence electrons. The number of benzene rings is 1. The first-order valence-electron chi connectivity index (χ1n) is 4.52. The molecule has 2 aromatic rings. The lowest BCUT2D eigenvalue weighted by Gasteiger charge is -1.99. The van der Waals surface area contributed by atoms with Gasteiger partial charge in [-0.1, -0.05) is 0 Å². The molecule has 2 rings (SSSR count). The van der Waals surface area contributed by atoms with E-state index in [4.69, 9.17) is 5.26 Å². The number of H-pyrrole nitrogens is 1. The van der Waals surface area contributed by atoms with Gasteiger partial charge in [0.1, 0.15) is 0 Å². The van der Waals surface area contributed by atoms with Gasteiger partial charge < -0.3 is 10.3 Å². The molecule has 0 atom stereocenters. The molecule has 0 spiro atoms. The molecule has 0 bridgehead atoms. The van der Waals surface area contributed by atoms with Crippen LogP contribution in [0.4, 0.5) is 5.69 Å². The molecule has 0 saturated heterocycles. The number of nitrogens with one attached hydrogen (secondary N) is 2. The number of fused-ring (bicyclic) bond motifs is 1. The fourth-order valence-corrected chi connectivity index (χ4v) is 1.57. The first-order chi connectivity index (χ1) is 7.35. The van der Waals surface area contributed by atoms with Crippen molar-refractivity contribution in [3.05, 3.63) is 30.0 Å². The Labute approximate surface area is 86.5 Å². The van der Waals surface area contributed by atoms with Gasteiger partial charge in [-0.15, -0.1) is 0 Å². The number of nitriles is 1. The first kappa shape index (κ1) is 9.28. The third-order valence-corrected chi connectivity index (χ3v) is 2.26. The van der Waals surface area contributed by atoms with Crippen LogP contribution in [-0.4, -0.2) is 11.4 Å². The molecule has 0 aliphatic rings. The predicted octanol–water partition coefficient (Wildman–Crippen LogP) is 1.80. The molecule has 1 aromatic carbocycles. The van der Waals surface area contributed by atoms with E-state index in [1.807, 2.05) is 24.4 Å². The number of aromatic amines is 1. The molecule has 1 aromatic heterocycles. The van der Waals surface area contributed by atoms with Crippen LogP contribution in [0.1, 0.15) is 5.56 Å². The Morgan fingerprint density at radius 2 is 2.40 bits per heavy atom. The van der Waals surface area contributed by atoms with Gasteiger partial charge in [0.05, 0.1) is 12.5 Å². The van der Waals surface area contributed by atoms with Crippen molar-refractivity contribution in [3.63, 3.8) is 0 Å². The number of aromatic nitrogens is 1. The second-order valence-electron chi connectivity index (χ2n) is 3.17. The van der Waals surface area contributed by atoms with Gasteiger partial charge in [0.25, 0.3) is 0 Å². The van der Waals surface area contributed by atoms with Crippen molar-refractivity contribution in [2.75, 3.05) is 5.32 Å². The summed E-state index contributed by atoms with van der Waals surface area (Å²) in [4.78, 5) is 13.4. The molecule has 0 aliphatic carbocycles. The normalized spacial score (nSPS) is 9.80. The number of carbonyl (C=O) groups excluding carboxylic acids is 1. The van der Waals surface area contributed by atoms with Crippen LogP contribution < -0.4 is 5.32 Å². The molecule has 2 N–H and O–H groups in total. The molecule has 15 heavy (non-hydrogen) atoms. The summed E-state index contributed by atoms with van der Waals surface area (Å²) in [6.07, 6.45) is 2.82. The van der Waals surface area contributed by atoms with E-state index < -0.39 is 0 Å². The van der Waals surface area contributed by atoms with Crippen molar-refractivity contribution in [3.8, 4) is 6.07 Å². The number of amides is 1. The predicted molar refractivity (Wildman–Crippen MR) is 57.3 cm³/mol. The van der Waals surface area contributed by atoms with Crippen molar-refractivity contribution < 1.29 is 4.79 Å². The van der Waals surface area contributed by atoms with Crippen molar-refractivity contribution >= 4 is 23.0 Å². The lowest BCUT2D eigenvalue weighted by atomic mass is 10.1. The van der Waals surface area contributed by atoms with Crippen molar-refractivity contribution in [1.29, 1.82) is 5.26 Å². The van der Waals surface area contributed by atoms with Gasteiger partial charge in [-0.25, -0.2) is 0 Å². The second-order valence-corrected chi connectivity index (χ2v) is 3.17. The molecular weight excluding hydrogens is 190 g/mol. The maximum Gasteiger partial charge on any atom is 0.211 e. The maximum absolute atomic E-state index is 10.3. The number of nitrogens with zero attached hydrogens (tertiary/aromatic N) is 1. The lowest BCUT2D eigenvalue weighted by Crippen LogP contribution is -1.92. The van der Waals surface area contributed by atoms with Crippen LogP contribution in [0, 0.1) is 11.3 Å². The smallest absolute Gasteiger partial charge is 0.211 e. The minimum atomic E-state index is 0.366. The molecule has 0 unspecified atom stereocenters. The van der Waals surface area contributed by atoms with Crippen molar-refractivity contribution in [1.82, 2.24) is 4.98 Å². The van der Waals surface area contributed by atoms with Gasteiger partial charge >= 0.3 is 0 Å². The van der Waals surface area contributed by atoms with Crippen LogP contribution in [0.15, 0.2) is 24.4 Å². The number of carbonyl (C=O) groups is 1. The Kier molecular flexibility index (Phi) is 2.38. The van der Waals surface area contributed by atoms with E-state index in [1.165, 1.54) is 0 Å². The number of hydrogen-bond acceptors (Lipinski definition) is 2. The van der Waals surface area contributed by atoms with Gasteiger partial charge in [0.2, 0.25) is 6.41 Å². The van der Waals surface area contributed by atoms with Gasteiger partial charge in [-0.2, -0.15) is 5.26 Å². The van der Waals surface area contributed by atoms with Gasteiger partial charge in [-0.3, -0.25) is 4.79 Å². The number of rotatable bonds is 3. The standard InChI is InChI=1S/C11H9N3O/c12-4-3-8-6-13-11-2-1-9(14-7-15)5-10(8)11/h1-2,5-7,13H,3H2,(H,14,15). The molecule has 4 heteroatoms. The van der Waals surface area contributed by atoms with Gasteiger partial charge in [0.15, 0.2) is 0 Å². The Hall–Kier alpha value is -2.28. The molecule has 1 heterocycles. The highest BCUT2D eigenvalue weighted by molar-refractivity contribution is 5.88. The molecule has 0 saturated carbocycles. The highest BCUT2D eigenvalue weighted by Crippen LogP contribution is 2.22. The lowest BCUT2D eigenvalue weighted by molar-refractivity contribution is -0.105. The SMILES string of the molecule is N#CCc1c[nH]c2ccc(NC=O)cc12. The molecular formula is C11H9N3O. The monoisotopic (exact) mass is 199 g/mol. The largest absolute Gasteiger partial charge is 0.361 e. The minimum absolute atomic E-state index is 0.366. The van der Waals surface area contributed by atoms with Crippen LogP contribution in [-0.2, 0) is 11.2 Å². The van der Waals surface area contributed by atoms with Crippen LogP contribution in [0.5, 0.6) is 0 Å². The van der Waals surface area contributed by atoms with Gasteiger partial charge in [0, 0.05) is 22.8 Å². The zero-order chi connectivity index (χ0) is 10.7. The summed E-state index contributed by atoms with van der Waals surface area (Å²) in [7, 11) is 0. The molecule has 0 fully saturated rings. The average Bonchev–Trinajstić information content (AvgIpc) is 2.63. The van der Waals surface area contributed by atoms with Crippen LogP contribution >= 0.6 is 0 Å². The second kappa shape index (κ2) is 3.84. The number of hydrogen-bond donors (Lipinski definition) is 2. The summed E-state index contributed by atoms with van der Waals surface area (Å²) in [6, 6.07) is 7.64. The maximum atomic E-state index is 10.3. The summed E-state index contributed by atoms with van der Waals surface area (Å²) in [5, 5.41) is 12.2. The van der Waals surface area contributed by atoms with Crippen LogP contribution in [0.2, 0.25) is 0 Å². The van der Waals surface area contributed by atoms with E-state index in [1.54, 1.807) is 0 Å². The van der Waals surface area contributed by atoms with E-state index in [0.717, 1.165) is 22.2 Å². The molecule has 4 nitrogen and oxygen atoms in total. The van der Waals surface area contributed by atoms with Crippen molar-refractivity contribution in [2.24, 2.45) is 0 Å². The summed E-state index contributed by atoms with van der Waals surface area (Å²) < 4.78 is 0. The zero-order valence-electron chi connectivity index (χ0n) is 7.95. The quantitative estimate of drug-likeness (QED) is 0.740. The summed E-state index contributed by atoms with van der Waals surface area (Å²) in [5.41, 5.74) is 2.65.